The summed E-state index contributed by atoms with van der Waals surface area (Å²) in [5, 5.41) is 0. The van der Waals surface area contributed by atoms with E-state index in [0.717, 1.165) is 55.0 Å². The second-order valence-electron chi connectivity index (χ2n) is 5.76. The van der Waals surface area contributed by atoms with Crippen molar-refractivity contribution in [1.29, 1.82) is 0 Å². The van der Waals surface area contributed by atoms with Crippen LogP contribution in [0, 0.1) is 0 Å². The lowest BCUT2D eigenvalue weighted by molar-refractivity contribution is -0.137. The van der Waals surface area contributed by atoms with Gasteiger partial charge in [0.2, 0.25) is 0 Å². The Hall–Kier alpha value is -2.14. The van der Waals surface area contributed by atoms with Crippen molar-refractivity contribution in [3.8, 4) is 11.1 Å². The van der Waals surface area contributed by atoms with E-state index in [1.807, 2.05) is 58.2 Å². The van der Waals surface area contributed by atoms with Crippen LogP contribution in [0.15, 0.2) is 53.5 Å². The van der Waals surface area contributed by atoms with Crippen LogP contribution in [0.25, 0.3) is 11.1 Å². The first-order valence-electron chi connectivity index (χ1n) is 10.4. The maximum Gasteiger partial charge on any atom is 0.416 e. The Morgan fingerprint density at radius 1 is 0.793 bits per heavy atom. The minimum absolute atomic E-state index is 0.631. The van der Waals surface area contributed by atoms with E-state index in [1.165, 1.54) is 12.1 Å². The molecule has 29 heavy (non-hydrogen) atoms. The van der Waals surface area contributed by atoms with Crippen LogP contribution in [-0.2, 0) is 6.18 Å². The minimum atomic E-state index is -4.30. The number of aliphatic imine (C=N–C) groups is 1. The second-order valence-corrected chi connectivity index (χ2v) is 5.76. The Morgan fingerprint density at radius 3 is 1.66 bits per heavy atom. The van der Waals surface area contributed by atoms with Gasteiger partial charge in [0.15, 0.2) is 0 Å². The van der Waals surface area contributed by atoms with Crippen molar-refractivity contribution in [3.63, 3.8) is 0 Å². The van der Waals surface area contributed by atoms with Gasteiger partial charge in [0.05, 0.1) is 12.1 Å². The lowest BCUT2D eigenvalue weighted by Gasteiger charge is -2.15. The molecule has 5 heteroatoms. The first-order chi connectivity index (χ1) is 13.9. The summed E-state index contributed by atoms with van der Waals surface area (Å²) < 4.78 is 37.8. The van der Waals surface area contributed by atoms with Crippen LogP contribution < -0.4 is 0 Å². The molecule has 0 radical (unpaired) electrons. The molecule has 0 atom stereocenters. The van der Waals surface area contributed by atoms with Crippen molar-refractivity contribution < 1.29 is 13.2 Å². The SMILES string of the molecule is CC.CC.CCN(CC)CCN=Cc1ccc(-c2ccc(C(F)(F)F)cc2)cc1. The minimum Gasteiger partial charge on any atom is -0.302 e. The van der Waals surface area contributed by atoms with E-state index in [9.17, 15) is 13.2 Å². The van der Waals surface area contributed by atoms with E-state index in [4.69, 9.17) is 0 Å². The van der Waals surface area contributed by atoms with E-state index >= 15 is 0 Å². The van der Waals surface area contributed by atoms with Gasteiger partial charge >= 0.3 is 6.18 Å². The lowest BCUT2D eigenvalue weighted by atomic mass is 10.0. The zero-order chi connectivity index (χ0) is 22.3. The van der Waals surface area contributed by atoms with Gasteiger partial charge in [-0.15, -0.1) is 0 Å². The maximum absolute atomic E-state index is 12.6. The molecule has 0 saturated heterocycles. The highest BCUT2D eigenvalue weighted by atomic mass is 19.4. The van der Waals surface area contributed by atoms with Gasteiger partial charge in [-0.05, 0) is 41.9 Å². The monoisotopic (exact) mass is 408 g/mol. The van der Waals surface area contributed by atoms with Crippen LogP contribution in [0.3, 0.4) is 0 Å². The molecule has 0 aliphatic heterocycles. The molecule has 0 N–H and O–H groups in total. The number of hydrogen-bond acceptors (Lipinski definition) is 2. The highest BCUT2D eigenvalue weighted by Crippen LogP contribution is 2.30. The van der Waals surface area contributed by atoms with E-state index in [0.29, 0.717) is 0 Å². The van der Waals surface area contributed by atoms with Gasteiger partial charge in [0, 0.05) is 12.8 Å². The van der Waals surface area contributed by atoms with E-state index < -0.39 is 11.7 Å². The average molecular weight is 409 g/mol. The molecule has 0 heterocycles. The molecule has 2 aromatic carbocycles. The summed E-state index contributed by atoms with van der Waals surface area (Å²) in [6.07, 6.45) is -2.47. The molecule has 2 rings (SSSR count). The molecule has 162 valence electrons. The lowest BCUT2D eigenvalue weighted by Crippen LogP contribution is -2.25. The second kappa shape index (κ2) is 14.8. The molecule has 0 unspecified atom stereocenters. The third-order valence-corrected chi connectivity index (χ3v) is 4.14. The Bertz CT molecular complexity index is 671. The molecule has 0 aliphatic rings. The third-order valence-electron chi connectivity index (χ3n) is 4.14. The molecule has 0 aromatic heterocycles. The first-order valence-corrected chi connectivity index (χ1v) is 10.4. The average Bonchev–Trinajstić information content (AvgIpc) is 2.77. The van der Waals surface area contributed by atoms with Gasteiger partial charge < -0.3 is 4.90 Å². The summed E-state index contributed by atoms with van der Waals surface area (Å²) in [5.41, 5.74) is 2.00. The first kappa shape index (κ1) is 26.9. The van der Waals surface area contributed by atoms with Crippen LogP contribution >= 0.6 is 0 Å². The summed E-state index contributed by atoms with van der Waals surface area (Å²) in [6, 6.07) is 12.9. The number of likely N-dealkylation sites (N-methyl/N-ethyl adjacent to an activating group) is 1. The Morgan fingerprint density at radius 2 is 1.24 bits per heavy atom. The van der Waals surface area contributed by atoms with Gasteiger partial charge in [0.1, 0.15) is 0 Å². The summed E-state index contributed by atoms with van der Waals surface area (Å²) >= 11 is 0. The summed E-state index contributed by atoms with van der Waals surface area (Å²) in [4.78, 5) is 6.74. The molecular formula is C24H35F3N2. The van der Waals surface area contributed by atoms with Crippen LogP contribution in [0.4, 0.5) is 13.2 Å². The number of rotatable bonds is 7. The molecule has 0 aliphatic carbocycles. The standard InChI is InChI=1S/C20H23F3N2.2C2H6/c1-3-25(4-2)14-13-24-15-16-5-7-17(8-6-16)18-9-11-19(12-10-18)20(21,22)23;2*1-2/h5-12,15H,3-4,13-14H2,1-2H3;2*1-2H3. The third kappa shape index (κ3) is 9.75. The quantitative estimate of drug-likeness (QED) is 0.443. The number of halogens is 3. The van der Waals surface area contributed by atoms with Gasteiger partial charge in [-0.1, -0.05) is 77.9 Å². The van der Waals surface area contributed by atoms with E-state index in [1.54, 1.807) is 0 Å². The summed E-state index contributed by atoms with van der Waals surface area (Å²) in [6.45, 7) is 16.0. The van der Waals surface area contributed by atoms with Crippen LogP contribution in [0.2, 0.25) is 0 Å². The van der Waals surface area contributed by atoms with Gasteiger partial charge in [0.25, 0.3) is 0 Å². The Labute approximate surface area is 174 Å². The van der Waals surface area contributed by atoms with Crippen molar-refractivity contribution in [1.82, 2.24) is 4.90 Å². The molecule has 2 nitrogen and oxygen atoms in total. The fourth-order valence-electron chi connectivity index (χ4n) is 2.52. The van der Waals surface area contributed by atoms with Crippen LogP contribution in [0.5, 0.6) is 0 Å². The topological polar surface area (TPSA) is 15.6 Å². The Balaban J connectivity index is 0.00000184. The summed E-state index contributed by atoms with van der Waals surface area (Å²) in [5.74, 6) is 0. The smallest absolute Gasteiger partial charge is 0.302 e. The summed E-state index contributed by atoms with van der Waals surface area (Å²) in [7, 11) is 0. The highest BCUT2D eigenvalue weighted by molar-refractivity contribution is 5.81. The molecule has 0 amide bonds. The largest absolute Gasteiger partial charge is 0.416 e. The predicted molar refractivity (Wildman–Crippen MR) is 120 cm³/mol. The molecule has 0 bridgehead atoms. The number of benzene rings is 2. The number of nitrogens with zero attached hydrogens (tertiary/aromatic N) is 2. The molecule has 2 aromatic rings. The number of alkyl halides is 3. The normalized spacial score (nSPS) is 11.0. The van der Waals surface area contributed by atoms with Crippen molar-refractivity contribution in [2.24, 2.45) is 4.99 Å². The van der Waals surface area contributed by atoms with Crippen LogP contribution in [-0.4, -0.2) is 37.3 Å². The predicted octanol–water partition coefficient (Wildman–Crippen LogP) is 7.19. The molecule has 0 fully saturated rings. The maximum atomic E-state index is 12.6. The molecular weight excluding hydrogens is 373 g/mol. The zero-order valence-corrected chi connectivity index (χ0v) is 18.6. The van der Waals surface area contributed by atoms with Crippen molar-refractivity contribution in [3.05, 3.63) is 59.7 Å². The van der Waals surface area contributed by atoms with Crippen molar-refractivity contribution in [2.45, 2.75) is 47.7 Å². The molecule has 0 saturated carbocycles. The van der Waals surface area contributed by atoms with E-state index in [2.05, 4.69) is 23.7 Å². The molecule has 0 spiro atoms. The van der Waals surface area contributed by atoms with Gasteiger partial charge in [-0.25, -0.2) is 0 Å². The van der Waals surface area contributed by atoms with Gasteiger partial charge in [-0.2, -0.15) is 13.2 Å². The Kier molecular flexibility index (Phi) is 13.7. The van der Waals surface area contributed by atoms with E-state index in [-0.39, 0.29) is 0 Å². The van der Waals surface area contributed by atoms with Crippen molar-refractivity contribution >= 4 is 6.21 Å². The van der Waals surface area contributed by atoms with Crippen molar-refractivity contribution in [2.75, 3.05) is 26.2 Å². The fraction of sp³-hybridized carbons (Fsp3) is 0.458. The number of hydrogen-bond donors (Lipinski definition) is 0. The van der Waals surface area contributed by atoms with Crippen LogP contribution in [0.1, 0.15) is 52.7 Å². The fourth-order valence-corrected chi connectivity index (χ4v) is 2.52. The van der Waals surface area contributed by atoms with Gasteiger partial charge in [-0.3, -0.25) is 4.99 Å². The zero-order valence-electron chi connectivity index (χ0n) is 18.6. The highest BCUT2D eigenvalue weighted by Gasteiger charge is 2.29.